The van der Waals surface area contributed by atoms with Gasteiger partial charge in [-0.25, -0.2) is 0 Å². The molecule has 0 bridgehead atoms. The second kappa shape index (κ2) is 7.42. The summed E-state index contributed by atoms with van der Waals surface area (Å²) >= 11 is 0. The van der Waals surface area contributed by atoms with Gasteiger partial charge in [0.1, 0.15) is 0 Å². The number of rotatable bonds is 6. The van der Waals surface area contributed by atoms with Crippen LogP contribution in [-0.2, 0) is 0 Å². The fourth-order valence-corrected chi connectivity index (χ4v) is 3.25. The van der Waals surface area contributed by atoms with Gasteiger partial charge in [-0.2, -0.15) is 0 Å². The van der Waals surface area contributed by atoms with Crippen molar-refractivity contribution in [1.29, 1.82) is 0 Å². The first-order chi connectivity index (χ1) is 10.1. The lowest BCUT2D eigenvalue weighted by Crippen LogP contribution is -2.15. The summed E-state index contributed by atoms with van der Waals surface area (Å²) in [6.07, 6.45) is 1.03. The summed E-state index contributed by atoms with van der Waals surface area (Å²) in [6.45, 7) is 7.61. The lowest BCUT2D eigenvalue weighted by Gasteiger charge is -2.27. The van der Waals surface area contributed by atoms with E-state index in [0.717, 1.165) is 13.0 Å². The van der Waals surface area contributed by atoms with Gasteiger partial charge in [0.2, 0.25) is 0 Å². The van der Waals surface area contributed by atoms with Gasteiger partial charge in [-0.15, -0.1) is 0 Å². The maximum Gasteiger partial charge on any atom is -0.00712 e. The summed E-state index contributed by atoms with van der Waals surface area (Å²) < 4.78 is 0. The van der Waals surface area contributed by atoms with Gasteiger partial charge >= 0.3 is 0 Å². The second-order valence-electron chi connectivity index (χ2n) is 6.17. The normalized spacial score (nSPS) is 14.1. The number of nitrogens with two attached hydrogens (primary N) is 1. The van der Waals surface area contributed by atoms with E-state index in [-0.39, 0.29) is 0 Å². The first-order valence-electron chi connectivity index (χ1n) is 7.99. The molecule has 1 heteroatoms. The van der Waals surface area contributed by atoms with Gasteiger partial charge in [-0.05, 0) is 47.4 Å². The van der Waals surface area contributed by atoms with E-state index in [9.17, 15) is 0 Å². The average molecular weight is 281 g/mol. The van der Waals surface area contributed by atoms with E-state index in [1.807, 2.05) is 0 Å². The predicted octanol–water partition coefficient (Wildman–Crippen LogP) is 5.05. The Morgan fingerprint density at radius 1 is 0.810 bits per heavy atom. The fourth-order valence-electron chi connectivity index (χ4n) is 3.25. The van der Waals surface area contributed by atoms with E-state index in [0.29, 0.717) is 17.8 Å². The highest BCUT2D eigenvalue weighted by molar-refractivity contribution is 5.36. The zero-order valence-electron chi connectivity index (χ0n) is 13.4. The third kappa shape index (κ3) is 3.74. The van der Waals surface area contributed by atoms with E-state index >= 15 is 0 Å². The van der Waals surface area contributed by atoms with Crippen LogP contribution in [0.15, 0.2) is 54.6 Å². The van der Waals surface area contributed by atoms with E-state index in [2.05, 4.69) is 75.4 Å². The van der Waals surface area contributed by atoms with Crippen molar-refractivity contribution in [1.82, 2.24) is 0 Å². The van der Waals surface area contributed by atoms with Gasteiger partial charge in [-0.3, -0.25) is 0 Å². The van der Waals surface area contributed by atoms with Crippen molar-refractivity contribution in [2.24, 2.45) is 5.73 Å². The van der Waals surface area contributed by atoms with Crippen molar-refractivity contribution >= 4 is 0 Å². The Kier molecular flexibility index (Phi) is 5.58. The van der Waals surface area contributed by atoms with Crippen LogP contribution in [0, 0.1) is 0 Å². The average Bonchev–Trinajstić information content (AvgIpc) is 2.52. The highest BCUT2D eigenvalue weighted by Crippen LogP contribution is 2.38. The van der Waals surface area contributed by atoms with E-state index in [1.165, 1.54) is 16.7 Å². The molecule has 0 aliphatic carbocycles. The number of benzene rings is 2. The molecule has 2 aromatic carbocycles. The molecule has 1 nitrogen and oxygen atoms in total. The minimum atomic E-state index is 0.481. The smallest absolute Gasteiger partial charge is 0.00712 e. The van der Waals surface area contributed by atoms with Crippen molar-refractivity contribution < 1.29 is 0 Å². The van der Waals surface area contributed by atoms with Crippen molar-refractivity contribution in [2.45, 2.75) is 44.9 Å². The zero-order chi connectivity index (χ0) is 15.2. The highest BCUT2D eigenvalue weighted by atomic mass is 14.5. The highest BCUT2D eigenvalue weighted by Gasteiger charge is 2.22. The van der Waals surface area contributed by atoms with Gasteiger partial charge < -0.3 is 5.73 Å². The van der Waals surface area contributed by atoms with E-state index in [4.69, 9.17) is 5.73 Å². The molecule has 0 spiro atoms. The van der Waals surface area contributed by atoms with Gasteiger partial charge in [0, 0.05) is 0 Å². The first kappa shape index (κ1) is 15.8. The molecule has 21 heavy (non-hydrogen) atoms. The fraction of sp³-hybridized carbons (Fsp3) is 0.400. The molecular formula is C20H27N. The Labute approximate surface area is 129 Å². The zero-order valence-corrected chi connectivity index (χ0v) is 13.4. The molecule has 0 amide bonds. The minimum absolute atomic E-state index is 0.481. The molecule has 0 saturated heterocycles. The van der Waals surface area contributed by atoms with Gasteiger partial charge in [-0.1, -0.05) is 75.4 Å². The maximum atomic E-state index is 5.88. The van der Waals surface area contributed by atoms with Crippen molar-refractivity contribution in [2.75, 3.05) is 6.54 Å². The Hall–Kier alpha value is -1.60. The summed E-state index contributed by atoms with van der Waals surface area (Å²) in [4.78, 5) is 0. The lowest BCUT2D eigenvalue weighted by atomic mass is 9.77. The summed E-state index contributed by atoms with van der Waals surface area (Å²) in [5, 5.41) is 0. The molecule has 112 valence electrons. The van der Waals surface area contributed by atoms with Gasteiger partial charge in [0.15, 0.2) is 0 Å². The van der Waals surface area contributed by atoms with E-state index in [1.54, 1.807) is 0 Å². The Balaban J connectivity index is 2.37. The molecule has 0 heterocycles. The third-order valence-electron chi connectivity index (χ3n) is 4.42. The predicted molar refractivity (Wildman–Crippen MR) is 91.8 cm³/mol. The Bertz CT molecular complexity index is 545. The molecule has 0 aromatic heterocycles. The molecule has 0 fully saturated rings. The number of hydrogen-bond donors (Lipinski definition) is 1. The van der Waals surface area contributed by atoms with Crippen molar-refractivity contribution in [3.05, 3.63) is 71.3 Å². The molecule has 2 N–H and O–H groups in total. The quantitative estimate of drug-likeness (QED) is 0.788. The van der Waals surface area contributed by atoms with Crippen LogP contribution in [0.3, 0.4) is 0 Å². The molecule has 2 aromatic rings. The Morgan fingerprint density at radius 2 is 1.38 bits per heavy atom. The molecule has 0 saturated carbocycles. The lowest BCUT2D eigenvalue weighted by molar-refractivity contribution is 0.536. The largest absolute Gasteiger partial charge is 0.330 e. The standard InChI is InChI=1S/C20H27N/c1-15(2)18-11-7-8-12-20(18)16(3)19(13-14-21)17-9-5-4-6-10-17/h4-12,15-16,19H,13-14,21H2,1-3H3. The van der Waals surface area contributed by atoms with Crippen LogP contribution < -0.4 is 5.73 Å². The molecule has 0 aliphatic rings. The van der Waals surface area contributed by atoms with Crippen LogP contribution in [0.1, 0.15) is 61.6 Å². The maximum absolute atomic E-state index is 5.88. The van der Waals surface area contributed by atoms with Gasteiger partial charge in [0.25, 0.3) is 0 Å². The monoisotopic (exact) mass is 281 g/mol. The van der Waals surface area contributed by atoms with Crippen LogP contribution >= 0.6 is 0 Å². The molecule has 2 atom stereocenters. The summed E-state index contributed by atoms with van der Waals surface area (Å²) in [7, 11) is 0. The van der Waals surface area contributed by atoms with Crippen LogP contribution in [0.5, 0.6) is 0 Å². The van der Waals surface area contributed by atoms with Crippen molar-refractivity contribution in [3.63, 3.8) is 0 Å². The first-order valence-corrected chi connectivity index (χ1v) is 7.99. The molecule has 0 radical (unpaired) electrons. The topological polar surface area (TPSA) is 26.0 Å². The SMILES string of the molecule is CC(C)c1ccccc1C(C)C(CCN)c1ccccc1. The summed E-state index contributed by atoms with van der Waals surface area (Å²) in [6, 6.07) is 19.6. The van der Waals surface area contributed by atoms with Crippen molar-refractivity contribution in [3.8, 4) is 0 Å². The van der Waals surface area contributed by atoms with E-state index < -0.39 is 0 Å². The van der Waals surface area contributed by atoms with Crippen LogP contribution in [0.25, 0.3) is 0 Å². The third-order valence-corrected chi connectivity index (χ3v) is 4.42. The van der Waals surface area contributed by atoms with Crippen LogP contribution in [0.4, 0.5) is 0 Å². The second-order valence-corrected chi connectivity index (χ2v) is 6.17. The molecule has 0 aliphatic heterocycles. The number of hydrogen-bond acceptors (Lipinski definition) is 1. The van der Waals surface area contributed by atoms with Crippen LogP contribution in [-0.4, -0.2) is 6.54 Å². The Morgan fingerprint density at radius 3 is 1.95 bits per heavy atom. The van der Waals surface area contributed by atoms with Crippen LogP contribution in [0.2, 0.25) is 0 Å². The summed E-state index contributed by atoms with van der Waals surface area (Å²) in [5.41, 5.74) is 10.2. The minimum Gasteiger partial charge on any atom is -0.330 e. The van der Waals surface area contributed by atoms with Gasteiger partial charge in [0.05, 0.1) is 0 Å². The molecular weight excluding hydrogens is 254 g/mol. The molecule has 2 unspecified atom stereocenters. The molecule has 2 rings (SSSR count). The summed E-state index contributed by atoms with van der Waals surface area (Å²) in [5.74, 6) is 1.52.